The molecule has 0 fully saturated rings. The number of nitrogens with zero attached hydrogens (tertiary/aromatic N) is 3. The smallest absolute Gasteiger partial charge is 0.246 e. The molecular formula is C13H14BrN5OS. The summed E-state index contributed by atoms with van der Waals surface area (Å²) in [4.78, 5) is 17.2. The van der Waals surface area contributed by atoms with Gasteiger partial charge in [0.15, 0.2) is 5.16 Å². The SMILES string of the molecule is CCNC1C(=O)Nc2cc(Sc3ncnn3C)c(Br)cc21. The lowest BCUT2D eigenvalue weighted by Gasteiger charge is -2.11. The molecule has 1 aliphatic rings. The number of carbonyl (C=O) groups is 1. The maximum absolute atomic E-state index is 12.0. The molecular weight excluding hydrogens is 354 g/mol. The molecule has 1 atom stereocenters. The van der Waals surface area contributed by atoms with Gasteiger partial charge < -0.3 is 10.6 Å². The number of halogens is 1. The van der Waals surface area contributed by atoms with Gasteiger partial charge in [0, 0.05) is 27.7 Å². The quantitative estimate of drug-likeness (QED) is 0.867. The second kappa shape index (κ2) is 5.78. The van der Waals surface area contributed by atoms with Gasteiger partial charge in [-0.1, -0.05) is 6.92 Å². The van der Waals surface area contributed by atoms with Crippen LogP contribution in [0.25, 0.3) is 0 Å². The lowest BCUT2D eigenvalue weighted by Crippen LogP contribution is -2.27. The van der Waals surface area contributed by atoms with Crippen molar-refractivity contribution in [2.45, 2.75) is 23.0 Å². The van der Waals surface area contributed by atoms with Crippen molar-refractivity contribution in [1.82, 2.24) is 20.1 Å². The number of likely N-dealkylation sites (N-methyl/N-ethyl adjacent to an activating group) is 1. The average molecular weight is 368 g/mol. The van der Waals surface area contributed by atoms with E-state index in [1.807, 2.05) is 26.1 Å². The molecule has 0 aliphatic carbocycles. The van der Waals surface area contributed by atoms with Crippen molar-refractivity contribution in [2.75, 3.05) is 11.9 Å². The van der Waals surface area contributed by atoms with Crippen molar-refractivity contribution in [3.05, 3.63) is 28.5 Å². The zero-order chi connectivity index (χ0) is 15.0. The number of nitrogens with one attached hydrogen (secondary N) is 2. The molecule has 0 radical (unpaired) electrons. The van der Waals surface area contributed by atoms with Gasteiger partial charge in [-0.25, -0.2) is 9.67 Å². The topological polar surface area (TPSA) is 71.8 Å². The van der Waals surface area contributed by atoms with Gasteiger partial charge >= 0.3 is 0 Å². The largest absolute Gasteiger partial charge is 0.324 e. The third-order valence-electron chi connectivity index (χ3n) is 3.21. The number of amides is 1. The fourth-order valence-corrected chi connectivity index (χ4v) is 3.64. The number of benzene rings is 1. The minimum Gasteiger partial charge on any atom is -0.324 e. The summed E-state index contributed by atoms with van der Waals surface area (Å²) in [7, 11) is 1.85. The van der Waals surface area contributed by atoms with Crippen molar-refractivity contribution in [1.29, 1.82) is 0 Å². The van der Waals surface area contributed by atoms with E-state index in [1.165, 1.54) is 18.1 Å². The molecule has 1 aromatic heterocycles. The third-order valence-corrected chi connectivity index (χ3v) is 5.24. The number of carbonyl (C=O) groups excluding carboxylic acids is 1. The van der Waals surface area contributed by atoms with Gasteiger partial charge in [0.05, 0.1) is 0 Å². The molecule has 21 heavy (non-hydrogen) atoms. The minimum absolute atomic E-state index is 0.0143. The maximum Gasteiger partial charge on any atom is 0.246 e. The van der Waals surface area contributed by atoms with Crippen LogP contribution in [-0.4, -0.2) is 27.2 Å². The first-order valence-electron chi connectivity index (χ1n) is 6.49. The standard InChI is InChI=1S/C13H14BrN5OS/c1-3-15-11-7-4-8(14)10(5-9(7)18-12(11)20)21-13-16-6-17-19(13)2/h4-6,11,15H,3H2,1-2H3,(H,18,20). The van der Waals surface area contributed by atoms with Gasteiger partial charge in [-0.2, -0.15) is 5.10 Å². The number of aromatic nitrogens is 3. The molecule has 1 unspecified atom stereocenters. The Morgan fingerprint density at radius 3 is 3.00 bits per heavy atom. The zero-order valence-corrected chi connectivity index (χ0v) is 14.0. The van der Waals surface area contributed by atoms with Gasteiger partial charge in [0.1, 0.15) is 12.4 Å². The van der Waals surface area contributed by atoms with Crippen LogP contribution in [0.15, 0.2) is 33.0 Å². The summed E-state index contributed by atoms with van der Waals surface area (Å²) < 4.78 is 2.65. The Labute approximate surface area is 134 Å². The first kappa shape index (κ1) is 14.6. The Bertz CT molecular complexity index is 702. The summed E-state index contributed by atoms with van der Waals surface area (Å²) in [5.41, 5.74) is 1.81. The molecule has 1 aromatic carbocycles. The number of hydrogen-bond donors (Lipinski definition) is 2. The molecule has 2 N–H and O–H groups in total. The van der Waals surface area contributed by atoms with E-state index in [1.54, 1.807) is 4.68 Å². The predicted octanol–water partition coefficient (Wildman–Crippen LogP) is 2.33. The highest BCUT2D eigenvalue weighted by Crippen LogP contribution is 2.40. The van der Waals surface area contributed by atoms with Crippen LogP contribution in [0.1, 0.15) is 18.5 Å². The molecule has 0 saturated carbocycles. The summed E-state index contributed by atoms with van der Waals surface area (Å²) >= 11 is 5.07. The van der Waals surface area contributed by atoms with Crippen LogP contribution < -0.4 is 10.6 Å². The Kier molecular flexibility index (Phi) is 4.01. The molecule has 1 aliphatic heterocycles. The Morgan fingerprint density at radius 2 is 2.33 bits per heavy atom. The van der Waals surface area contributed by atoms with E-state index in [9.17, 15) is 4.79 Å². The molecule has 3 rings (SSSR count). The highest BCUT2D eigenvalue weighted by atomic mass is 79.9. The Morgan fingerprint density at radius 1 is 1.52 bits per heavy atom. The highest BCUT2D eigenvalue weighted by Gasteiger charge is 2.30. The van der Waals surface area contributed by atoms with Crippen molar-refractivity contribution in [3.63, 3.8) is 0 Å². The van der Waals surface area contributed by atoms with Crippen molar-refractivity contribution < 1.29 is 4.79 Å². The molecule has 110 valence electrons. The van der Waals surface area contributed by atoms with Crippen LogP contribution in [0.4, 0.5) is 5.69 Å². The molecule has 0 saturated heterocycles. The molecule has 2 aromatic rings. The van der Waals surface area contributed by atoms with Crippen LogP contribution in [0.3, 0.4) is 0 Å². The van der Waals surface area contributed by atoms with Crippen LogP contribution in [0, 0.1) is 0 Å². The zero-order valence-electron chi connectivity index (χ0n) is 11.6. The van der Waals surface area contributed by atoms with Crippen LogP contribution in [-0.2, 0) is 11.8 Å². The normalized spacial score (nSPS) is 16.9. The number of hydrogen-bond acceptors (Lipinski definition) is 5. The van der Waals surface area contributed by atoms with E-state index in [2.05, 4.69) is 36.6 Å². The van der Waals surface area contributed by atoms with Gasteiger partial charge in [-0.15, -0.1) is 0 Å². The number of aryl methyl sites for hydroxylation is 1. The number of rotatable bonds is 4. The molecule has 6 nitrogen and oxygen atoms in total. The van der Waals surface area contributed by atoms with Gasteiger partial charge in [0.2, 0.25) is 5.91 Å². The summed E-state index contributed by atoms with van der Waals surface area (Å²) in [6, 6.07) is 3.67. The minimum atomic E-state index is -0.282. The van der Waals surface area contributed by atoms with E-state index < -0.39 is 0 Å². The second-order valence-electron chi connectivity index (χ2n) is 4.62. The number of fused-ring (bicyclic) bond motifs is 1. The third kappa shape index (κ3) is 2.70. The molecule has 2 heterocycles. The highest BCUT2D eigenvalue weighted by molar-refractivity contribution is 9.10. The summed E-state index contributed by atoms with van der Waals surface area (Å²) in [5.74, 6) is -0.0143. The maximum atomic E-state index is 12.0. The van der Waals surface area contributed by atoms with Crippen LogP contribution in [0.2, 0.25) is 0 Å². The van der Waals surface area contributed by atoms with Crippen LogP contribution >= 0.6 is 27.7 Å². The molecule has 0 bridgehead atoms. The summed E-state index contributed by atoms with van der Waals surface area (Å²) in [6.45, 7) is 2.73. The fraction of sp³-hybridized carbons (Fsp3) is 0.308. The van der Waals surface area contributed by atoms with Crippen molar-refractivity contribution in [3.8, 4) is 0 Å². The monoisotopic (exact) mass is 367 g/mol. The lowest BCUT2D eigenvalue weighted by molar-refractivity contribution is -0.117. The average Bonchev–Trinajstić information content (AvgIpc) is 2.97. The first-order chi connectivity index (χ1) is 10.1. The van der Waals surface area contributed by atoms with E-state index in [-0.39, 0.29) is 11.9 Å². The van der Waals surface area contributed by atoms with E-state index in [0.29, 0.717) is 0 Å². The first-order valence-corrected chi connectivity index (χ1v) is 8.10. The van der Waals surface area contributed by atoms with Crippen LogP contribution in [0.5, 0.6) is 0 Å². The van der Waals surface area contributed by atoms with Crippen molar-refractivity contribution >= 4 is 39.3 Å². The summed E-state index contributed by atoms with van der Waals surface area (Å²) in [6.07, 6.45) is 1.52. The Hall–Kier alpha value is -1.38. The van der Waals surface area contributed by atoms with E-state index in [4.69, 9.17) is 0 Å². The van der Waals surface area contributed by atoms with E-state index >= 15 is 0 Å². The lowest BCUT2D eigenvalue weighted by atomic mass is 10.1. The van der Waals surface area contributed by atoms with Crippen molar-refractivity contribution in [2.24, 2.45) is 7.05 Å². The van der Waals surface area contributed by atoms with Gasteiger partial charge in [-0.3, -0.25) is 4.79 Å². The second-order valence-corrected chi connectivity index (χ2v) is 6.48. The molecule has 1 amide bonds. The summed E-state index contributed by atoms with van der Waals surface area (Å²) in [5, 5.41) is 10.9. The Balaban J connectivity index is 1.94. The van der Waals surface area contributed by atoms with Gasteiger partial charge in [-0.05, 0) is 46.4 Å². The van der Waals surface area contributed by atoms with Gasteiger partial charge in [0.25, 0.3) is 0 Å². The molecule has 0 spiro atoms. The predicted molar refractivity (Wildman–Crippen MR) is 84.3 cm³/mol. The van der Waals surface area contributed by atoms with E-state index in [0.717, 1.165) is 32.3 Å². The molecule has 8 heteroatoms. The fourth-order valence-electron chi connectivity index (χ4n) is 2.22. The number of anilines is 1.